The van der Waals surface area contributed by atoms with Crippen molar-refractivity contribution < 1.29 is 14.2 Å². The van der Waals surface area contributed by atoms with Crippen molar-refractivity contribution in [1.29, 1.82) is 0 Å². The lowest BCUT2D eigenvalue weighted by molar-refractivity contribution is -0.0805. The summed E-state index contributed by atoms with van der Waals surface area (Å²) in [6.45, 7) is 7.34. The van der Waals surface area contributed by atoms with Crippen LogP contribution in [0.4, 0.5) is 0 Å². The molecule has 1 atom stereocenters. The molecule has 2 N–H and O–H groups in total. The molecule has 1 fully saturated rings. The van der Waals surface area contributed by atoms with Gasteiger partial charge >= 0.3 is 0 Å². The van der Waals surface area contributed by atoms with E-state index < -0.39 is 0 Å². The minimum Gasteiger partial charge on any atom is -0.488 e. The van der Waals surface area contributed by atoms with Gasteiger partial charge in [0, 0.05) is 6.04 Å². The third kappa shape index (κ3) is 6.59. The van der Waals surface area contributed by atoms with Gasteiger partial charge in [-0.05, 0) is 31.9 Å². The molecule has 1 saturated heterocycles. The first-order valence-corrected chi connectivity index (χ1v) is 6.33. The molecule has 0 saturated carbocycles. The molecular weight excluding hydrogens is 230 g/mol. The van der Waals surface area contributed by atoms with E-state index in [2.05, 4.69) is 12.7 Å². The molecule has 4 nitrogen and oxygen atoms in total. The van der Waals surface area contributed by atoms with Gasteiger partial charge in [0.15, 0.2) is 6.29 Å². The average molecular weight is 253 g/mol. The van der Waals surface area contributed by atoms with Crippen LogP contribution in [0.5, 0.6) is 0 Å². The van der Waals surface area contributed by atoms with Crippen LogP contribution in [0.25, 0.3) is 0 Å². The first-order valence-electron chi connectivity index (χ1n) is 6.33. The fraction of sp³-hybridized carbons (Fsp3) is 0.571. The molecule has 0 aromatic heterocycles. The van der Waals surface area contributed by atoms with Crippen molar-refractivity contribution in [3.8, 4) is 0 Å². The van der Waals surface area contributed by atoms with Gasteiger partial charge in [0.2, 0.25) is 0 Å². The predicted molar refractivity (Wildman–Crippen MR) is 71.9 cm³/mol. The van der Waals surface area contributed by atoms with E-state index >= 15 is 0 Å². The monoisotopic (exact) mass is 253 g/mol. The lowest BCUT2D eigenvalue weighted by Crippen LogP contribution is -2.15. The molecular formula is C14H23NO3. The summed E-state index contributed by atoms with van der Waals surface area (Å²) in [6, 6.07) is 0.225. The molecule has 0 radical (unpaired) electrons. The lowest BCUT2D eigenvalue weighted by Gasteiger charge is -2.11. The topological polar surface area (TPSA) is 53.7 Å². The van der Waals surface area contributed by atoms with Gasteiger partial charge in [-0.25, -0.2) is 0 Å². The summed E-state index contributed by atoms with van der Waals surface area (Å²) in [5.74, 6) is 0.758. The normalized spacial score (nSPS) is 19.3. The maximum absolute atomic E-state index is 5.68. The van der Waals surface area contributed by atoms with Gasteiger partial charge in [-0.3, -0.25) is 0 Å². The molecule has 1 aliphatic heterocycles. The average Bonchev–Trinajstić information content (AvgIpc) is 2.84. The van der Waals surface area contributed by atoms with Crippen molar-refractivity contribution in [3.63, 3.8) is 0 Å². The summed E-state index contributed by atoms with van der Waals surface area (Å²) in [6.07, 6.45) is 9.14. The van der Waals surface area contributed by atoms with E-state index in [4.69, 9.17) is 19.9 Å². The Balaban J connectivity index is 2.30. The van der Waals surface area contributed by atoms with Crippen LogP contribution in [0.3, 0.4) is 0 Å². The van der Waals surface area contributed by atoms with Gasteiger partial charge in [-0.1, -0.05) is 18.7 Å². The second-order valence-electron chi connectivity index (χ2n) is 4.24. The van der Waals surface area contributed by atoms with Gasteiger partial charge < -0.3 is 19.9 Å². The van der Waals surface area contributed by atoms with Crippen LogP contribution in [0.1, 0.15) is 19.8 Å². The van der Waals surface area contributed by atoms with E-state index in [1.165, 1.54) is 0 Å². The van der Waals surface area contributed by atoms with Crippen LogP contribution in [0.2, 0.25) is 0 Å². The molecule has 0 aromatic carbocycles. The molecule has 1 unspecified atom stereocenters. The zero-order chi connectivity index (χ0) is 13.2. The molecule has 1 heterocycles. The molecule has 1 aliphatic rings. The summed E-state index contributed by atoms with van der Waals surface area (Å²) in [4.78, 5) is 0. The highest BCUT2D eigenvalue weighted by Crippen LogP contribution is 2.09. The standard InChI is InChI=1S/C14H23NO3/c1-3-6-13(8-5-4-7-12(2)15)18-11-14-16-9-10-17-14/h3,5-6,8,12,14H,1,4,7,9-11,15H2,2H3/b8-5-,13-6+. The molecule has 1 rings (SSSR count). The van der Waals surface area contributed by atoms with Crippen LogP contribution in [0.15, 0.2) is 36.6 Å². The zero-order valence-electron chi connectivity index (χ0n) is 11.0. The van der Waals surface area contributed by atoms with Crippen LogP contribution >= 0.6 is 0 Å². The molecule has 0 spiro atoms. The first kappa shape index (κ1) is 15.0. The Labute approximate surface area is 109 Å². The zero-order valence-corrected chi connectivity index (χ0v) is 11.0. The van der Waals surface area contributed by atoms with Crippen LogP contribution < -0.4 is 5.73 Å². The maximum atomic E-state index is 5.68. The van der Waals surface area contributed by atoms with Gasteiger partial charge in [-0.15, -0.1) is 0 Å². The summed E-state index contributed by atoms with van der Waals surface area (Å²) >= 11 is 0. The van der Waals surface area contributed by atoms with Gasteiger partial charge in [-0.2, -0.15) is 0 Å². The van der Waals surface area contributed by atoms with Crippen LogP contribution in [-0.2, 0) is 14.2 Å². The van der Waals surface area contributed by atoms with Crippen molar-refractivity contribution in [1.82, 2.24) is 0 Å². The second-order valence-corrected chi connectivity index (χ2v) is 4.24. The maximum Gasteiger partial charge on any atom is 0.191 e. The van der Waals surface area contributed by atoms with E-state index in [-0.39, 0.29) is 12.3 Å². The quantitative estimate of drug-likeness (QED) is 0.532. The van der Waals surface area contributed by atoms with E-state index in [1.807, 2.05) is 19.1 Å². The summed E-state index contributed by atoms with van der Waals surface area (Å²) in [5.41, 5.74) is 5.68. The van der Waals surface area contributed by atoms with Crippen LogP contribution in [-0.4, -0.2) is 32.2 Å². The van der Waals surface area contributed by atoms with E-state index in [9.17, 15) is 0 Å². The van der Waals surface area contributed by atoms with Crippen LogP contribution in [0, 0.1) is 0 Å². The van der Waals surface area contributed by atoms with E-state index in [0.29, 0.717) is 19.8 Å². The van der Waals surface area contributed by atoms with Crippen molar-refractivity contribution >= 4 is 0 Å². The van der Waals surface area contributed by atoms with Crippen molar-refractivity contribution in [2.75, 3.05) is 19.8 Å². The highest BCUT2D eigenvalue weighted by atomic mass is 16.7. The third-order valence-corrected chi connectivity index (χ3v) is 2.43. The van der Waals surface area contributed by atoms with Crippen molar-refractivity contribution in [3.05, 3.63) is 36.6 Å². The van der Waals surface area contributed by atoms with Gasteiger partial charge in [0.1, 0.15) is 12.4 Å². The predicted octanol–water partition coefficient (Wildman–Crippen LogP) is 2.13. The third-order valence-electron chi connectivity index (χ3n) is 2.43. The number of ether oxygens (including phenoxy) is 3. The van der Waals surface area contributed by atoms with E-state index in [1.54, 1.807) is 6.08 Å². The van der Waals surface area contributed by atoms with Gasteiger partial charge in [0.05, 0.1) is 13.2 Å². The minimum absolute atomic E-state index is 0.225. The van der Waals surface area contributed by atoms with E-state index in [0.717, 1.165) is 18.6 Å². The smallest absolute Gasteiger partial charge is 0.191 e. The first-order chi connectivity index (χ1) is 8.72. The number of nitrogens with two attached hydrogens (primary N) is 1. The molecule has 0 amide bonds. The van der Waals surface area contributed by atoms with Crippen molar-refractivity contribution in [2.45, 2.75) is 32.1 Å². The lowest BCUT2D eigenvalue weighted by atomic mass is 10.2. The fourth-order valence-corrected chi connectivity index (χ4v) is 1.49. The van der Waals surface area contributed by atoms with Crippen molar-refractivity contribution in [2.24, 2.45) is 5.73 Å². The highest BCUT2D eigenvalue weighted by molar-refractivity contribution is 5.17. The molecule has 0 aromatic rings. The summed E-state index contributed by atoms with van der Waals surface area (Å²) in [5, 5.41) is 0. The SMILES string of the molecule is C=C/C=C(\C=C/CCC(C)N)OCC1OCCO1. The Hall–Kier alpha value is -1.10. The number of rotatable bonds is 8. The molecule has 18 heavy (non-hydrogen) atoms. The number of hydrogen-bond acceptors (Lipinski definition) is 4. The number of allylic oxidation sites excluding steroid dienone is 4. The Morgan fingerprint density at radius 1 is 1.50 bits per heavy atom. The fourth-order valence-electron chi connectivity index (χ4n) is 1.49. The second kappa shape index (κ2) is 8.91. The Kier molecular flexibility index (Phi) is 7.41. The Morgan fingerprint density at radius 3 is 2.83 bits per heavy atom. The molecule has 0 aliphatic carbocycles. The molecule has 4 heteroatoms. The summed E-state index contributed by atoms with van der Waals surface area (Å²) in [7, 11) is 0. The van der Waals surface area contributed by atoms with Gasteiger partial charge in [0.25, 0.3) is 0 Å². The largest absolute Gasteiger partial charge is 0.488 e. The molecule has 102 valence electrons. The summed E-state index contributed by atoms with van der Waals surface area (Å²) < 4.78 is 16.2. The minimum atomic E-state index is -0.254. The Bertz CT molecular complexity index is 291. The number of hydrogen-bond donors (Lipinski definition) is 1. The molecule has 0 bridgehead atoms. The Morgan fingerprint density at radius 2 is 2.22 bits per heavy atom. The highest BCUT2D eigenvalue weighted by Gasteiger charge is 2.16.